The predicted octanol–water partition coefficient (Wildman–Crippen LogP) is 3.37. The molecule has 3 aliphatic carbocycles. The molecule has 0 aromatic heterocycles. The molecule has 1 heteroatoms. The van der Waals surface area contributed by atoms with Gasteiger partial charge in [-0.1, -0.05) is 39.8 Å². The molecule has 4 atom stereocenters. The summed E-state index contributed by atoms with van der Waals surface area (Å²) in [6, 6.07) is 0. The molecule has 16 heavy (non-hydrogen) atoms. The maximum atomic E-state index is 11.6. The number of fused-ring (bicyclic) bond motifs is 3. The zero-order chi connectivity index (χ0) is 11.7. The van der Waals surface area contributed by atoms with E-state index in [0.29, 0.717) is 17.1 Å². The number of hydrogen-bond acceptors (Lipinski definition) is 1. The maximum absolute atomic E-state index is 11.6. The monoisotopic (exact) mass is 216 g/mol. The third kappa shape index (κ3) is 0.996. The molecular weight excluding hydrogens is 196 g/mol. The minimum absolute atomic E-state index is 0.233. The van der Waals surface area contributed by atoms with Gasteiger partial charge in [-0.25, -0.2) is 0 Å². The molecule has 0 saturated heterocycles. The molecule has 0 radical (unpaired) electrons. The summed E-state index contributed by atoms with van der Waals surface area (Å²) in [6.07, 6.45) is 7.15. The summed E-state index contributed by atoms with van der Waals surface area (Å²) in [5.41, 5.74) is 1.94. The Morgan fingerprint density at radius 3 is 2.69 bits per heavy atom. The van der Waals surface area contributed by atoms with E-state index in [1.54, 1.807) is 0 Å². The van der Waals surface area contributed by atoms with E-state index < -0.39 is 0 Å². The Bertz CT molecular complexity index is 427. The van der Waals surface area contributed by atoms with E-state index in [9.17, 15) is 4.79 Å². The second kappa shape index (κ2) is 2.69. The van der Waals surface area contributed by atoms with Crippen LogP contribution in [0.5, 0.6) is 0 Å². The van der Waals surface area contributed by atoms with Crippen LogP contribution >= 0.6 is 0 Å². The van der Waals surface area contributed by atoms with Crippen LogP contribution in [0, 0.1) is 28.6 Å². The van der Waals surface area contributed by atoms with E-state index >= 15 is 0 Å². The Labute approximate surface area is 97.6 Å². The number of ketones is 1. The SMILES string of the molecule is CC1CC(=O)C=C2C=C[C@@H]3[C@@H](C3(C)C)[C@]21C. The van der Waals surface area contributed by atoms with Gasteiger partial charge in [-0.15, -0.1) is 0 Å². The van der Waals surface area contributed by atoms with Crippen LogP contribution in [0.15, 0.2) is 23.8 Å². The van der Waals surface area contributed by atoms with Crippen molar-refractivity contribution in [1.29, 1.82) is 0 Å². The number of allylic oxidation sites excluding steroid dienone is 4. The number of carbonyl (C=O) groups excluding carboxylic acids is 1. The van der Waals surface area contributed by atoms with Crippen LogP contribution in [0.25, 0.3) is 0 Å². The summed E-state index contributed by atoms with van der Waals surface area (Å²) in [5.74, 6) is 2.26. The molecule has 0 heterocycles. The quantitative estimate of drug-likeness (QED) is 0.606. The molecule has 3 rings (SSSR count). The van der Waals surface area contributed by atoms with Gasteiger partial charge in [0.05, 0.1) is 0 Å². The minimum atomic E-state index is 0.233. The van der Waals surface area contributed by atoms with Crippen molar-refractivity contribution in [3.05, 3.63) is 23.8 Å². The molecule has 0 aromatic carbocycles. The predicted molar refractivity (Wildman–Crippen MR) is 64.9 cm³/mol. The van der Waals surface area contributed by atoms with E-state index in [-0.39, 0.29) is 5.41 Å². The van der Waals surface area contributed by atoms with E-state index in [1.807, 2.05) is 6.08 Å². The summed E-state index contributed by atoms with van der Waals surface area (Å²) in [6.45, 7) is 9.34. The van der Waals surface area contributed by atoms with Crippen LogP contribution in [0.4, 0.5) is 0 Å². The smallest absolute Gasteiger partial charge is 0.156 e. The molecule has 1 unspecified atom stereocenters. The van der Waals surface area contributed by atoms with E-state index in [2.05, 4.69) is 39.8 Å². The first-order chi connectivity index (χ1) is 7.38. The van der Waals surface area contributed by atoms with E-state index in [0.717, 1.165) is 18.3 Å². The van der Waals surface area contributed by atoms with Crippen molar-refractivity contribution >= 4 is 5.78 Å². The lowest BCUT2D eigenvalue weighted by molar-refractivity contribution is -0.117. The molecule has 1 fully saturated rings. The average molecular weight is 216 g/mol. The van der Waals surface area contributed by atoms with Gasteiger partial charge in [0.1, 0.15) is 0 Å². The molecule has 0 aromatic rings. The lowest BCUT2D eigenvalue weighted by atomic mass is 9.61. The molecule has 86 valence electrons. The average Bonchev–Trinajstić information content (AvgIpc) is 2.73. The Morgan fingerprint density at radius 1 is 1.31 bits per heavy atom. The van der Waals surface area contributed by atoms with Crippen molar-refractivity contribution in [3.8, 4) is 0 Å². The fraction of sp³-hybridized carbons (Fsp3) is 0.667. The van der Waals surface area contributed by atoms with Gasteiger partial charge in [-0.3, -0.25) is 4.79 Å². The lowest BCUT2D eigenvalue weighted by Gasteiger charge is -2.42. The van der Waals surface area contributed by atoms with Crippen molar-refractivity contribution in [1.82, 2.24) is 0 Å². The highest BCUT2D eigenvalue weighted by Gasteiger charge is 2.67. The van der Waals surface area contributed by atoms with Gasteiger partial charge in [-0.2, -0.15) is 0 Å². The second-order valence-corrected chi connectivity index (χ2v) is 6.64. The summed E-state index contributed by atoms with van der Waals surface area (Å²) in [5, 5.41) is 0. The van der Waals surface area contributed by atoms with Gasteiger partial charge in [0.2, 0.25) is 0 Å². The Hall–Kier alpha value is -0.850. The number of hydrogen-bond donors (Lipinski definition) is 0. The summed E-state index contributed by atoms with van der Waals surface area (Å²) >= 11 is 0. The Morgan fingerprint density at radius 2 is 2.00 bits per heavy atom. The molecule has 0 amide bonds. The first-order valence-electron chi connectivity index (χ1n) is 6.31. The summed E-state index contributed by atoms with van der Waals surface area (Å²) in [7, 11) is 0. The third-order valence-corrected chi connectivity index (χ3v) is 5.51. The summed E-state index contributed by atoms with van der Waals surface area (Å²) < 4.78 is 0. The van der Waals surface area contributed by atoms with Crippen LogP contribution in [0.2, 0.25) is 0 Å². The number of rotatable bonds is 0. The van der Waals surface area contributed by atoms with Gasteiger partial charge >= 0.3 is 0 Å². The van der Waals surface area contributed by atoms with Gasteiger partial charge in [0.15, 0.2) is 5.78 Å². The standard InChI is InChI=1S/C15H20O/c1-9-7-11(16)8-10-5-6-12-13(14(12,2)3)15(9,10)4/h5-6,8-9,12-13H,7H2,1-4H3/t9?,12-,13+,15+/m1/s1. The van der Waals surface area contributed by atoms with Crippen LogP contribution in [0.3, 0.4) is 0 Å². The molecule has 0 bridgehead atoms. The molecule has 0 N–H and O–H groups in total. The van der Waals surface area contributed by atoms with Gasteiger partial charge < -0.3 is 0 Å². The highest BCUT2D eigenvalue weighted by atomic mass is 16.1. The van der Waals surface area contributed by atoms with Crippen molar-refractivity contribution < 1.29 is 4.79 Å². The molecule has 1 saturated carbocycles. The zero-order valence-electron chi connectivity index (χ0n) is 10.6. The third-order valence-electron chi connectivity index (χ3n) is 5.51. The van der Waals surface area contributed by atoms with Gasteiger partial charge in [-0.05, 0) is 40.2 Å². The highest BCUT2D eigenvalue weighted by Crippen LogP contribution is 2.72. The zero-order valence-corrected chi connectivity index (χ0v) is 10.6. The maximum Gasteiger partial charge on any atom is 0.156 e. The Balaban J connectivity index is 2.13. The van der Waals surface area contributed by atoms with Crippen molar-refractivity contribution in [3.63, 3.8) is 0 Å². The largest absolute Gasteiger partial charge is 0.295 e. The second-order valence-electron chi connectivity index (χ2n) is 6.64. The van der Waals surface area contributed by atoms with E-state index in [1.165, 1.54) is 5.57 Å². The van der Waals surface area contributed by atoms with Crippen LogP contribution in [0.1, 0.15) is 34.1 Å². The van der Waals surface area contributed by atoms with Gasteiger partial charge in [0, 0.05) is 6.42 Å². The van der Waals surface area contributed by atoms with Crippen molar-refractivity contribution in [2.45, 2.75) is 34.1 Å². The molecule has 3 aliphatic rings. The fourth-order valence-electron chi connectivity index (χ4n) is 4.29. The normalized spacial score (nSPS) is 48.1. The first-order valence-corrected chi connectivity index (χ1v) is 6.31. The molecule has 1 nitrogen and oxygen atoms in total. The topological polar surface area (TPSA) is 17.1 Å². The molecular formula is C15H20O. The van der Waals surface area contributed by atoms with Crippen LogP contribution < -0.4 is 0 Å². The first kappa shape index (κ1) is 10.3. The number of carbonyl (C=O) groups is 1. The van der Waals surface area contributed by atoms with Crippen LogP contribution in [-0.4, -0.2) is 5.78 Å². The molecule has 0 aliphatic heterocycles. The fourth-order valence-corrected chi connectivity index (χ4v) is 4.29. The Kier molecular flexibility index (Phi) is 1.74. The van der Waals surface area contributed by atoms with Crippen molar-refractivity contribution in [2.75, 3.05) is 0 Å². The minimum Gasteiger partial charge on any atom is -0.295 e. The van der Waals surface area contributed by atoms with Crippen LogP contribution in [-0.2, 0) is 4.79 Å². The highest BCUT2D eigenvalue weighted by molar-refractivity contribution is 5.92. The summed E-state index contributed by atoms with van der Waals surface area (Å²) in [4.78, 5) is 11.6. The van der Waals surface area contributed by atoms with Crippen molar-refractivity contribution in [2.24, 2.45) is 28.6 Å². The van der Waals surface area contributed by atoms with Gasteiger partial charge in [0.25, 0.3) is 0 Å². The lowest BCUT2D eigenvalue weighted by Crippen LogP contribution is -2.37. The molecule has 0 spiro atoms. The van der Waals surface area contributed by atoms with E-state index in [4.69, 9.17) is 0 Å².